The van der Waals surface area contributed by atoms with E-state index in [9.17, 15) is 9.18 Å². The first kappa shape index (κ1) is 14.7. The maximum atomic E-state index is 12.9. The molecular formula is C16H13FINO. The van der Waals surface area contributed by atoms with Gasteiger partial charge in [-0.3, -0.25) is 4.79 Å². The lowest BCUT2D eigenvalue weighted by Crippen LogP contribution is -2.27. The number of carbonyl (C=O) groups is 1. The van der Waals surface area contributed by atoms with Gasteiger partial charge in [0, 0.05) is 16.2 Å². The number of benzene rings is 2. The smallest absolute Gasteiger partial charge is 0.258 e. The van der Waals surface area contributed by atoms with Crippen LogP contribution in [0.2, 0.25) is 0 Å². The van der Waals surface area contributed by atoms with Gasteiger partial charge < -0.3 is 4.90 Å². The van der Waals surface area contributed by atoms with Crippen LogP contribution in [0.5, 0.6) is 0 Å². The summed E-state index contributed by atoms with van der Waals surface area (Å²) in [6.07, 6.45) is 0. The summed E-state index contributed by atoms with van der Waals surface area (Å²) < 4.78 is 13.9. The molecule has 20 heavy (non-hydrogen) atoms. The highest BCUT2D eigenvalue weighted by Gasteiger charge is 2.17. The number of anilines is 1. The molecule has 0 saturated carbocycles. The van der Waals surface area contributed by atoms with Crippen LogP contribution in [0.4, 0.5) is 10.1 Å². The predicted molar refractivity (Wildman–Crippen MR) is 88.0 cm³/mol. The SMILES string of the molecule is C=C(C(=O)N(C)c1ccccc1I)c1ccc(F)cc1. The maximum Gasteiger partial charge on any atom is 0.258 e. The van der Waals surface area contributed by atoms with Gasteiger partial charge in [-0.15, -0.1) is 0 Å². The first-order valence-corrected chi connectivity index (χ1v) is 7.06. The zero-order valence-electron chi connectivity index (χ0n) is 10.9. The molecule has 0 saturated heterocycles. The Balaban J connectivity index is 2.25. The van der Waals surface area contributed by atoms with Gasteiger partial charge in [0.25, 0.3) is 5.91 Å². The van der Waals surface area contributed by atoms with Gasteiger partial charge in [0.15, 0.2) is 0 Å². The minimum absolute atomic E-state index is 0.208. The Hall–Kier alpha value is -1.69. The predicted octanol–water partition coefficient (Wildman–Crippen LogP) is 4.11. The van der Waals surface area contributed by atoms with Crippen molar-refractivity contribution in [2.24, 2.45) is 0 Å². The topological polar surface area (TPSA) is 20.3 Å². The Kier molecular flexibility index (Phi) is 4.54. The Morgan fingerprint density at radius 1 is 1.15 bits per heavy atom. The molecule has 0 spiro atoms. The van der Waals surface area contributed by atoms with E-state index in [1.165, 1.54) is 12.1 Å². The molecular weight excluding hydrogens is 368 g/mol. The average molecular weight is 381 g/mol. The molecule has 0 atom stereocenters. The van der Waals surface area contributed by atoms with Crippen LogP contribution in [0.1, 0.15) is 5.56 Å². The summed E-state index contributed by atoms with van der Waals surface area (Å²) in [6.45, 7) is 3.81. The van der Waals surface area contributed by atoms with Crippen LogP contribution in [-0.4, -0.2) is 13.0 Å². The van der Waals surface area contributed by atoms with Gasteiger partial charge in [0.05, 0.1) is 5.69 Å². The highest BCUT2D eigenvalue weighted by Crippen LogP contribution is 2.24. The Bertz CT molecular complexity index is 652. The second-order valence-electron chi connectivity index (χ2n) is 4.30. The normalized spacial score (nSPS) is 10.2. The van der Waals surface area contributed by atoms with Crippen LogP contribution in [0.25, 0.3) is 5.57 Å². The maximum absolute atomic E-state index is 12.9. The number of hydrogen-bond donors (Lipinski definition) is 0. The van der Waals surface area contributed by atoms with Gasteiger partial charge in [-0.2, -0.15) is 0 Å². The van der Waals surface area contributed by atoms with Crippen molar-refractivity contribution in [3.8, 4) is 0 Å². The molecule has 0 fully saturated rings. The second-order valence-corrected chi connectivity index (χ2v) is 5.46. The third-order valence-corrected chi connectivity index (χ3v) is 3.88. The van der Waals surface area contributed by atoms with Gasteiger partial charge >= 0.3 is 0 Å². The number of amides is 1. The minimum Gasteiger partial charge on any atom is -0.310 e. The van der Waals surface area contributed by atoms with E-state index in [2.05, 4.69) is 29.2 Å². The van der Waals surface area contributed by atoms with E-state index in [1.54, 1.807) is 24.1 Å². The molecule has 0 unspecified atom stereocenters. The summed E-state index contributed by atoms with van der Waals surface area (Å²) >= 11 is 2.18. The molecule has 0 aromatic heterocycles. The van der Waals surface area contributed by atoms with E-state index >= 15 is 0 Å². The van der Waals surface area contributed by atoms with E-state index in [-0.39, 0.29) is 11.7 Å². The number of para-hydroxylation sites is 1. The van der Waals surface area contributed by atoms with Gasteiger partial charge in [0.2, 0.25) is 0 Å². The Morgan fingerprint density at radius 2 is 1.75 bits per heavy atom. The molecule has 2 nitrogen and oxygen atoms in total. The van der Waals surface area contributed by atoms with Crippen molar-refractivity contribution in [1.82, 2.24) is 0 Å². The van der Waals surface area contributed by atoms with E-state index in [0.717, 1.165) is 9.26 Å². The van der Waals surface area contributed by atoms with Gasteiger partial charge in [-0.1, -0.05) is 30.8 Å². The van der Waals surface area contributed by atoms with Crippen LogP contribution in [0.15, 0.2) is 55.1 Å². The molecule has 0 aliphatic rings. The molecule has 0 N–H and O–H groups in total. The first-order chi connectivity index (χ1) is 9.50. The first-order valence-electron chi connectivity index (χ1n) is 5.98. The molecule has 102 valence electrons. The summed E-state index contributed by atoms with van der Waals surface area (Å²) in [5.74, 6) is -0.541. The summed E-state index contributed by atoms with van der Waals surface area (Å²) in [6, 6.07) is 13.3. The number of rotatable bonds is 3. The Labute approximate surface area is 131 Å². The van der Waals surface area contributed by atoms with Gasteiger partial charge in [-0.25, -0.2) is 4.39 Å². The van der Waals surface area contributed by atoms with E-state index < -0.39 is 0 Å². The molecule has 0 heterocycles. The third kappa shape index (κ3) is 3.07. The molecule has 0 aliphatic heterocycles. The minimum atomic E-state index is -0.333. The van der Waals surface area contributed by atoms with Crippen LogP contribution < -0.4 is 4.90 Å². The van der Waals surface area contributed by atoms with Crippen molar-refractivity contribution in [2.75, 3.05) is 11.9 Å². The fourth-order valence-corrected chi connectivity index (χ4v) is 2.56. The number of hydrogen-bond acceptors (Lipinski definition) is 1. The third-order valence-electron chi connectivity index (χ3n) is 2.97. The molecule has 0 radical (unpaired) electrons. The molecule has 2 rings (SSSR count). The highest BCUT2D eigenvalue weighted by molar-refractivity contribution is 14.1. The number of carbonyl (C=O) groups excluding carboxylic acids is 1. The number of halogens is 2. The lowest BCUT2D eigenvalue weighted by molar-refractivity contribution is -0.113. The monoisotopic (exact) mass is 381 g/mol. The summed E-state index contributed by atoms with van der Waals surface area (Å²) in [4.78, 5) is 14.0. The second kappa shape index (κ2) is 6.17. The zero-order chi connectivity index (χ0) is 14.7. The van der Waals surface area contributed by atoms with Crippen molar-refractivity contribution in [1.29, 1.82) is 0 Å². The van der Waals surface area contributed by atoms with Crippen molar-refractivity contribution in [3.05, 3.63) is 70.1 Å². The van der Waals surface area contributed by atoms with Crippen LogP contribution in [0, 0.1) is 9.39 Å². The lowest BCUT2D eigenvalue weighted by Gasteiger charge is -2.20. The van der Waals surface area contributed by atoms with Crippen molar-refractivity contribution in [3.63, 3.8) is 0 Å². The van der Waals surface area contributed by atoms with Crippen LogP contribution in [-0.2, 0) is 4.79 Å². The molecule has 2 aromatic carbocycles. The van der Waals surface area contributed by atoms with Crippen molar-refractivity contribution < 1.29 is 9.18 Å². The quantitative estimate of drug-likeness (QED) is 0.579. The van der Waals surface area contributed by atoms with Crippen molar-refractivity contribution in [2.45, 2.75) is 0 Å². The van der Waals surface area contributed by atoms with Crippen LogP contribution in [0.3, 0.4) is 0 Å². The molecule has 2 aromatic rings. The molecule has 0 bridgehead atoms. The molecule has 4 heteroatoms. The largest absolute Gasteiger partial charge is 0.310 e. The average Bonchev–Trinajstić information content (AvgIpc) is 2.46. The van der Waals surface area contributed by atoms with E-state index in [1.807, 2.05) is 24.3 Å². The fourth-order valence-electron chi connectivity index (χ4n) is 1.81. The van der Waals surface area contributed by atoms with Gasteiger partial charge in [-0.05, 0) is 52.4 Å². The zero-order valence-corrected chi connectivity index (χ0v) is 13.1. The van der Waals surface area contributed by atoms with Crippen LogP contribution >= 0.6 is 22.6 Å². The van der Waals surface area contributed by atoms with Gasteiger partial charge in [0.1, 0.15) is 5.82 Å². The number of likely N-dealkylation sites (N-methyl/N-ethyl adjacent to an activating group) is 1. The summed E-state index contributed by atoms with van der Waals surface area (Å²) in [5.41, 5.74) is 1.78. The van der Waals surface area contributed by atoms with E-state index in [0.29, 0.717) is 11.1 Å². The summed E-state index contributed by atoms with van der Waals surface area (Å²) in [7, 11) is 1.70. The molecule has 1 amide bonds. The standard InChI is InChI=1S/C16H13FINO/c1-11(12-7-9-13(17)10-8-12)16(20)19(2)15-6-4-3-5-14(15)18/h3-10H,1H2,2H3. The lowest BCUT2D eigenvalue weighted by atomic mass is 10.1. The van der Waals surface area contributed by atoms with E-state index in [4.69, 9.17) is 0 Å². The Morgan fingerprint density at radius 3 is 2.35 bits per heavy atom. The van der Waals surface area contributed by atoms with Crippen molar-refractivity contribution >= 4 is 39.8 Å². The highest BCUT2D eigenvalue weighted by atomic mass is 127. The number of nitrogens with zero attached hydrogens (tertiary/aromatic N) is 1. The molecule has 0 aliphatic carbocycles. The summed E-state index contributed by atoms with van der Waals surface area (Å²) in [5, 5.41) is 0. The fraction of sp³-hybridized carbons (Fsp3) is 0.0625.